The highest BCUT2D eigenvalue weighted by atomic mass is 19.1. The van der Waals surface area contributed by atoms with E-state index >= 15 is 0 Å². The Hall–Kier alpha value is -4.01. The summed E-state index contributed by atoms with van der Waals surface area (Å²) in [5.41, 5.74) is 6.78. The second-order valence-corrected chi connectivity index (χ2v) is 6.08. The van der Waals surface area contributed by atoms with Gasteiger partial charge in [-0.2, -0.15) is 15.0 Å². The number of furan rings is 1. The molecule has 0 aliphatic carbocycles. The van der Waals surface area contributed by atoms with E-state index in [9.17, 15) is 9.18 Å². The van der Waals surface area contributed by atoms with Gasteiger partial charge in [0, 0.05) is 11.8 Å². The summed E-state index contributed by atoms with van der Waals surface area (Å²) in [5, 5.41) is 0. The number of hydrogen-bond acceptors (Lipinski definition) is 7. The van der Waals surface area contributed by atoms with Gasteiger partial charge in [0.15, 0.2) is 5.76 Å². The Balaban J connectivity index is 1.60. The van der Waals surface area contributed by atoms with Gasteiger partial charge in [0.2, 0.25) is 0 Å². The van der Waals surface area contributed by atoms with Gasteiger partial charge in [-0.1, -0.05) is 0 Å². The minimum atomic E-state index is -0.467. The van der Waals surface area contributed by atoms with Crippen molar-refractivity contribution in [2.45, 2.75) is 6.54 Å². The van der Waals surface area contributed by atoms with E-state index in [-0.39, 0.29) is 30.8 Å². The molecule has 3 aromatic heterocycles. The molecule has 0 unspecified atom stereocenters. The molecule has 2 N–H and O–H groups in total. The molecule has 0 saturated heterocycles. The maximum absolute atomic E-state index is 13.3. The van der Waals surface area contributed by atoms with Crippen LogP contribution in [0.1, 0.15) is 0 Å². The lowest BCUT2D eigenvalue weighted by Gasteiger charge is -2.09. The van der Waals surface area contributed by atoms with Gasteiger partial charge in [-0.05, 0) is 48.5 Å². The lowest BCUT2D eigenvalue weighted by Crippen LogP contribution is -2.25. The molecular weight excluding hydrogens is 377 g/mol. The minimum Gasteiger partial charge on any atom is -0.463 e. The highest BCUT2D eigenvalue weighted by Crippen LogP contribution is 2.26. The third-order valence-corrected chi connectivity index (χ3v) is 4.08. The molecule has 0 radical (unpaired) electrons. The van der Waals surface area contributed by atoms with Crippen molar-refractivity contribution in [2.75, 3.05) is 12.3 Å². The van der Waals surface area contributed by atoms with Gasteiger partial charge in [-0.15, -0.1) is 0 Å². The Labute approximate surface area is 164 Å². The van der Waals surface area contributed by atoms with E-state index in [1.54, 1.807) is 30.3 Å². The van der Waals surface area contributed by atoms with Crippen LogP contribution in [0.25, 0.3) is 22.7 Å². The molecule has 146 valence electrons. The lowest BCUT2D eigenvalue weighted by atomic mass is 10.1. The van der Waals surface area contributed by atoms with Crippen LogP contribution in [0.4, 0.5) is 10.2 Å². The van der Waals surface area contributed by atoms with Gasteiger partial charge < -0.3 is 14.9 Å². The van der Waals surface area contributed by atoms with Crippen LogP contribution in [0.3, 0.4) is 0 Å². The smallest absolute Gasteiger partial charge is 0.349 e. The van der Waals surface area contributed by atoms with E-state index in [2.05, 4.69) is 15.0 Å². The number of nitrogen functional groups attached to an aromatic ring is 1. The van der Waals surface area contributed by atoms with Crippen LogP contribution in [0.5, 0.6) is 6.01 Å². The minimum absolute atomic E-state index is 0.106. The van der Waals surface area contributed by atoms with Gasteiger partial charge in [-0.25, -0.2) is 9.18 Å². The summed E-state index contributed by atoms with van der Waals surface area (Å²) in [6, 6.07) is 12.8. The molecule has 0 saturated carbocycles. The third-order valence-electron chi connectivity index (χ3n) is 4.08. The van der Waals surface area contributed by atoms with E-state index < -0.39 is 5.69 Å². The lowest BCUT2D eigenvalue weighted by molar-refractivity contribution is 0.273. The van der Waals surface area contributed by atoms with E-state index in [1.165, 1.54) is 35.2 Å². The normalized spacial score (nSPS) is 10.8. The third kappa shape index (κ3) is 4.29. The van der Waals surface area contributed by atoms with Crippen molar-refractivity contribution in [3.8, 4) is 28.7 Å². The molecule has 1 aromatic carbocycles. The van der Waals surface area contributed by atoms with Crippen LogP contribution in [0.2, 0.25) is 0 Å². The van der Waals surface area contributed by atoms with E-state index in [0.29, 0.717) is 22.7 Å². The van der Waals surface area contributed by atoms with Crippen LogP contribution < -0.4 is 16.2 Å². The quantitative estimate of drug-likeness (QED) is 0.536. The summed E-state index contributed by atoms with van der Waals surface area (Å²) in [5.74, 6) is 0.359. The summed E-state index contributed by atoms with van der Waals surface area (Å²) < 4.78 is 25.7. The molecule has 3 heterocycles. The molecule has 0 spiro atoms. The molecule has 0 aliphatic heterocycles. The number of hydrogen-bond donors (Lipinski definition) is 1. The van der Waals surface area contributed by atoms with E-state index in [1.807, 2.05) is 0 Å². The van der Waals surface area contributed by atoms with Crippen molar-refractivity contribution in [1.82, 2.24) is 19.5 Å². The first kappa shape index (κ1) is 18.4. The topological polar surface area (TPSA) is 109 Å². The maximum Gasteiger partial charge on any atom is 0.349 e. The zero-order valence-corrected chi connectivity index (χ0v) is 15.2. The fourth-order valence-electron chi connectivity index (χ4n) is 2.66. The van der Waals surface area contributed by atoms with Gasteiger partial charge >= 0.3 is 11.7 Å². The number of halogens is 1. The molecule has 29 heavy (non-hydrogen) atoms. The Kier molecular flexibility index (Phi) is 5.02. The molecule has 4 aromatic rings. The Morgan fingerprint density at radius 1 is 1.07 bits per heavy atom. The molecule has 0 fully saturated rings. The van der Waals surface area contributed by atoms with Crippen LogP contribution in [-0.4, -0.2) is 26.1 Å². The predicted molar refractivity (Wildman–Crippen MR) is 104 cm³/mol. The zero-order valence-electron chi connectivity index (χ0n) is 15.2. The van der Waals surface area contributed by atoms with Crippen LogP contribution in [0.15, 0.2) is 70.2 Å². The Morgan fingerprint density at radius 2 is 1.86 bits per heavy atom. The number of aromatic nitrogens is 4. The number of benzene rings is 1. The fourth-order valence-corrected chi connectivity index (χ4v) is 2.66. The molecule has 0 amide bonds. The second kappa shape index (κ2) is 7.93. The van der Waals surface area contributed by atoms with Gasteiger partial charge in [0.1, 0.15) is 23.9 Å². The zero-order chi connectivity index (χ0) is 20.2. The summed E-state index contributed by atoms with van der Waals surface area (Å²) >= 11 is 0. The molecule has 9 heteroatoms. The highest BCUT2D eigenvalue weighted by Gasteiger charge is 2.12. The molecular formula is C20H16FN5O3. The average Bonchev–Trinajstić information content (AvgIpc) is 3.25. The fraction of sp³-hybridized carbons (Fsp3) is 0.100. The van der Waals surface area contributed by atoms with Gasteiger partial charge in [0.25, 0.3) is 0 Å². The summed E-state index contributed by atoms with van der Waals surface area (Å²) in [4.78, 5) is 24.2. The SMILES string of the molecule is Nc1ccn(CCOc2nc(-c3ccc(F)cc3)cc(-c3ccco3)n2)c(=O)n1. The van der Waals surface area contributed by atoms with Crippen LogP contribution in [-0.2, 0) is 6.54 Å². The molecule has 4 rings (SSSR count). The number of ether oxygens (including phenoxy) is 1. The standard InChI is InChI=1S/C20H16FN5O3/c21-14-5-3-13(4-6-14)15-12-16(17-2-1-10-28-17)24-19(23-15)29-11-9-26-8-7-18(22)25-20(26)27/h1-8,10,12H,9,11H2,(H2,22,25,27). The van der Waals surface area contributed by atoms with E-state index in [0.717, 1.165) is 0 Å². The van der Waals surface area contributed by atoms with Crippen molar-refractivity contribution in [3.05, 3.63) is 77.3 Å². The summed E-state index contributed by atoms with van der Waals surface area (Å²) in [7, 11) is 0. The monoisotopic (exact) mass is 393 g/mol. The van der Waals surface area contributed by atoms with Gasteiger partial charge in [0.05, 0.1) is 18.5 Å². The van der Waals surface area contributed by atoms with Crippen molar-refractivity contribution in [2.24, 2.45) is 0 Å². The first-order valence-electron chi connectivity index (χ1n) is 8.73. The second-order valence-electron chi connectivity index (χ2n) is 6.08. The maximum atomic E-state index is 13.3. The number of nitrogens with zero attached hydrogens (tertiary/aromatic N) is 4. The van der Waals surface area contributed by atoms with Crippen molar-refractivity contribution < 1.29 is 13.5 Å². The van der Waals surface area contributed by atoms with Crippen molar-refractivity contribution in [3.63, 3.8) is 0 Å². The summed E-state index contributed by atoms with van der Waals surface area (Å²) in [6.45, 7) is 0.377. The number of anilines is 1. The first-order chi connectivity index (χ1) is 14.1. The highest BCUT2D eigenvalue weighted by molar-refractivity contribution is 5.65. The average molecular weight is 393 g/mol. The Bertz CT molecular complexity index is 1170. The molecule has 0 bridgehead atoms. The molecule has 0 aliphatic rings. The van der Waals surface area contributed by atoms with Crippen LogP contribution in [0, 0.1) is 5.82 Å². The summed E-state index contributed by atoms with van der Waals surface area (Å²) in [6.07, 6.45) is 3.08. The Morgan fingerprint density at radius 3 is 2.59 bits per heavy atom. The number of nitrogens with two attached hydrogens (primary N) is 1. The largest absolute Gasteiger partial charge is 0.463 e. The predicted octanol–water partition coefficient (Wildman–Crippen LogP) is 2.76. The van der Waals surface area contributed by atoms with Gasteiger partial charge in [-0.3, -0.25) is 4.57 Å². The van der Waals surface area contributed by atoms with Crippen LogP contribution >= 0.6 is 0 Å². The number of rotatable bonds is 6. The molecule has 0 atom stereocenters. The van der Waals surface area contributed by atoms with Crippen molar-refractivity contribution >= 4 is 5.82 Å². The first-order valence-corrected chi connectivity index (χ1v) is 8.73. The van der Waals surface area contributed by atoms with Crippen molar-refractivity contribution in [1.29, 1.82) is 0 Å². The van der Waals surface area contributed by atoms with E-state index in [4.69, 9.17) is 14.9 Å². The molecule has 8 nitrogen and oxygen atoms in total.